The predicted molar refractivity (Wildman–Crippen MR) is 80.5 cm³/mol. The van der Waals surface area contributed by atoms with Gasteiger partial charge in [0.15, 0.2) is 0 Å². The van der Waals surface area contributed by atoms with Gasteiger partial charge in [-0.2, -0.15) is 0 Å². The van der Waals surface area contributed by atoms with Gasteiger partial charge in [-0.15, -0.1) is 0 Å². The third kappa shape index (κ3) is 3.48. The number of ether oxygens (including phenoxy) is 1. The number of hydrogen-bond acceptors (Lipinski definition) is 3. The van der Waals surface area contributed by atoms with E-state index in [0.717, 1.165) is 19.5 Å². The first-order chi connectivity index (χ1) is 8.91. The van der Waals surface area contributed by atoms with Crippen LogP contribution < -0.4 is 10.6 Å². The highest BCUT2D eigenvalue weighted by atomic mass is 16.5. The van der Waals surface area contributed by atoms with E-state index in [1.54, 1.807) is 0 Å². The van der Waals surface area contributed by atoms with Crippen LogP contribution in [0, 0.1) is 0 Å². The lowest BCUT2D eigenvalue weighted by Gasteiger charge is -2.43. The number of morpholine rings is 1. The molecule has 0 bridgehead atoms. The summed E-state index contributed by atoms with van der Waals surface area (Å²) in [6, 6.07) is 8.81. The molecule has 1 heterocycles. The van der Waals surface area contributed by atoms with Gasteiger partial charge in [-0.25, -0.2) is 0 Å². The van der Waals surface area contributed by atoms with E-state index in [9.17, 15) is 0 Å². The van der Waals surface area contributed by atoms with Gasteiger partial charge >= 0.3 is 0 Å². The van der Waals surface area contributed by atoms with Gasteiger partial charge in [0, 0.05) is 24.8 Å². The van der Waals surface area contributed by atoms with Gasteiger partial charge in [-0.1, -0.05) is 19.1 Å². The molecule has 2 rings (SSSR count). The second-order valence-electron chi connectivity index (χ2n) is 6.17. The molecule has 1 aromatic carbocycles. The van der Waals surface area contributed by atoms with Gasteiger partial charge in [0.05, 0.1) is 11.7 Å². The number of benzene rings is 1. The maximum atomic E-state index is 6.05. The van der Waals surface area contributed by atoms with Crippen molar-refractivity contribution in [1.29, 1.82) is 0 Å². The van der Waals surface area contributed by atoms with Crippen molar-refractivity contribution in [2.75, 3.05) is 18.0 Å². The van der Waals surface area contributed by atoms with E-state index in [0.29, 0.717) is 0 Å². The first-order valence-electron chi connectivity index (χ1n) is 7.19. The van der Waals surface area contributed by atoms with E-state index in [4.69, 9.17) is 10.5 Å². The number of nitrogens with two attached hydrogens (primary N) is 1. The molecule has 1 aliphatic rings. The maximum Gasteiger partial charge on any atom is 0.0805 e. The Morgan fingerprint density at radius 3 is 2.53 bits per heavy atom. The van der Waals surface area contributed by atoms with E-state index in [1.807, 2.05) is 0 Å². The van der Waals surface area contributed by atoms with Gasteiger partial charge in [-0.05, 0) is 44.9 Å². The molecule has 0 amide bonds. The molecule has 1 saturated heterocycles. The van der Waals surface area contributed by atoms with Crippen LogP contribution in [0.2, 0.25) is 0 Å². The molecule has 3 nitrogen and oxygen atoms in total. The van der Waals surface area contributed by atoms with Crippen molar-refractivity contribution in [2.45, 2.75) is 51.9 Å². The fourth-order valence-electron chi connectivity index (χ4n) is 2.82. The molecule has 1 fully saturated rings. The second-order valence-corrected chi connectivity index (χ2v) is 6.17. The van der Waals surface area contributed by atoms with Crippen LogP contribution in [0.15, 0.2) is 24.3 Å². The SMILES string of the molecule is CC[C@H](N)c1ccc(N2CC(C)OC(C)(C)C2)cc1. The summed E-state index contributed by atoms with van der Waals surface area (Å²) < 4.78 is 5.94. The van der Waals surface area contributed by atoms with E-state index in [1.165, 1.54) is 11.3 Å². The second kappa shape index (κ2) is 5.51. The largest absolute Gasteiger partial charge is 0.369 e. The molecular formula is C16H26N2O. The molecule has 0 saturated carbocycles. The van der Waals surface area contributed by atoms with Crippen molar-refractivity contribution >= 4 is 5.69 Å². The fourth-order valence-corrected chi connectivity index (χ4v) is 2.82. The summed E-state index contributed by atoms with van der Waals surface area (Å²) in [7, 11) is 0. The molecule has 2 N–H and O–H groups in total. The summed E-state index contributed by atoms with van der Waals surface area (Å²) in [6.07, 6.45) is 1.24. The van der Waals surface area contributed by atoms with Crippen LogP contribution >= 0.6 is 0 Å². The lowest BCUT2D eigenvalue weighted by Crippen LogP contribution is -2.52. The smallest absolute Gasteiger partial charge is 0.0805 e. The first-order valence-corrected chi connectivity index (χ1v) is 7.19. The average molecular weight is 262 g/mol. The standard InChI is InChI=1S/C16H26N2O/c1-5-15(17)13-6-8-14(9-7-13)18-10-12(2)19-16(3,4)11-18/h6-9,12,15H,5,10-11,17H2,1-4H3/t12?,15-/m0/s1. The average Bonchev–Trinajstić information content (AvgIpc) is 2.35. The Balaban J connectivity index is 2.13. The summed E-state index contributed by atoms with van der Waals surface area (Å²) >= 11 is 0. The highest BCUT2D eigenvalue weighted by Crippen LogP contribution is 2.27. The van der Waals surface area contributed by atoms with Crippen molar-refractivity contribution in [3.8, 4) is 0 Å². The van der Waals surface area contributed by atoms with Gasteiger partial charge in [-0.3, -0.25) is 0 Å². The molecule has 106 valence electrons. The highest BCUT2D eigenvalue weighted by Gasteiger charge is 2.31. The van der Waals surface area contributed by atoms with Gasteiger partial charge in [0.1, 0.15) is 0 Å². The van der Waals surface area contributed by atoms with Crippen LogP contribution in [0.3, 0.4) is 0 Å². The van der Waals surface area contributed by atoms with Crippen LogP contribution in [0.1, 0.15) is 45.7 Å². The minimum atomic E-state index is -0.0871. The lowest BCUT2D eigenvalue weighted by atomic mass is 10.0. The Bertz CT molecular complexity index is 413. The Hall–Kier alpha value is -1.06. The summed E-state index contributed by atoms with van der Waals surface area (Å²) in [5.74, 6) is 0. The molecule has 0 spiro atoms. The Morgan fingerprint density at radius 1 is 1.37 bits per heavy atom. The summed E-state index contributed by atoms with van der Waals surface area (Å²) in [5, 5.41) is 0. The quantitative estimate of drug-likeness (QED) is 0.909. The zero-order chi connectivity index (χ0) is 14.0. The first kappa shape index (κ1) is 14.4. The van der Waals surface area contributed by atoms with Crippen molar-refractivity contribution in [3.63, 3.8) is 0 Å². The van der Waals surface area contributed by atoms with E-state index >= 15 is 0 Å². The number of rotatable bonds is 3. The molecule has 0 aromatic heterocycles. The molecule has 0 radical (unpaired) electrons. The summed E-state index contributed by atoms with van der Waals surface area (Å²) in [4.78, 5) is 2.40. The zero-order valence-electron chi connectivity index (χ0n) is 12.5. The Morgan fingerprint density at radius 2 is 2.00 bits per heavy atom. The molecule has 1 unspecified atom stereocenters. The van der Waals surface area contributed by atoms with E-state index < -0.39 is 0 Å². The van der Waals surface area contributed by atoms with E-state index in [2.05, 4.69) is 56.9 Å². The fraction of sp³-hybridized carbons (Fsp3) is 0.625. The predicted octanol–water partition coefficient (Wildman–Crippen LogP) is 3.10. The van der Waals surface area contributed by atoms with Crippen molar-refractivity contribution in [2.24, 2.45) is 5.73 Å². The zero-order valence-corrected chi connectivity index (χ0v) is 12.5. The molecule has 0 aliphatic carbocycles. The Kier molecular flexibility index (Phi) is 4.16. The Labute approximate surface area is 116 Å². The molecule has 19 heavy (non-hydrogen) atoms. The molecule has 3 heteroatoms. The number of nitrogens with zero attached hydrogens (tertiary/aromatic N) is 1. The van der Waals surface area contributed by atoms with Gasteiger partial charge < -0.3 is 15.4 Å². The van der Waals surface area contributed by atoms with Gasteiger partial charge in [0.2, 0.25) is 0 Å². The molecule has 2 atom stereocenters. The third-order valence-corrected chi connectivity index (χ3v) is 3.70. The highest BCUT2D eigenvalue weighted by molar-refractivity contribution is 5.49. The van der Waals surface area contributed by atoms with Crippen molar-refractivity contribution < 1.29 is 4.74 Å². The van der Waals surface area contributed by atoms with Crippen molar-refractivity contribution in [3.05, 3.63) is 29.8 Å². The van der Waals surface area contributed by atoms with Crippen LogP contribution in [0.4, 0.5) is 5.69 Å². The summed E-state index contributed by atoms with van der Waals surface area (Å²) in [6.45, 7) is 10.4. The lowest BCUT2D eigenvalue weighted by molar-refractivity contribution is -0.0749. The van der Waals surface area contributed by atoms with Crippen LogP contribution in [0.5, 0.6) is 0 Å². The minimum absolute atomic E-state index is 0.0871. The third-order valence-electron chi connectivity index (χ3n) is 3.70. The number of anilines is 1. The number of hydrogen-bond donors (Lipinski definition) is 1. The monoisotopic (exact) mass is 262 g/mol. The van der Waals surface area contributed by atoms with Crippen LogP contribution in [-0.2, 0) is 4.74 Å². The van der Waals surface area contributed by atoms with Crippen LogP contribution in [0.25, 0.3) is 0 Å². The topological polar surface area (TPSA) is 38.5 Å². The van der Waals surface area contributed by atoms with Crippen LogP contribution in [-0.4, -0.2) is 24.8 Å². The normalized spacial score (nSPS) is 24.3. The molecular weight excluding hydrogens is 236 g/mol. The summed E-state index contributed by atoms with van der Waals surface area (Å²) in [5.41, 5.74) is 8.44. The maximum absolute atomic E-state index is 6.05. The molecule has 1 aliphatic heterocycles. The van der Waals surface area contributed by atoms with E-state index in [-0.39, 0.29) is 17.7 Å². The minimum Gasteiger partial charge on any atom is -0.369 e. The molecule has 1 aromatic rings. The van der Waals surface area contributed by atoms with Crippen molar-refractivity contribution in [1.82, 2.24) is 0 Å². The van der Waals surface area contributed by atoms with Gasteiger partial charge in [0.25, 0.3) is 0 Å².